The highest BCUT2D eigenvalue weighted by molar-refractivity contribution is 9.10. The first-order valence-corrected chi connectivity index (χ1v) is 5.00. The lowest BCUT2D eigenvalue weighted by Gasteiger charge is -2.11. The number of hydrogen-bond acceptors (Lipinski definition) is 2. The van der Waals surface area contributed by atoms with Crippen LogP contribution in [0.3, 0.4) is 0 Å². The van der Waals surface area contributed by atoms with E-state index in [9.17, 15) is 4.39 Å². The van der Waals surface area contributed by atoms with Gasteiger partial charge in [-0.1, -0.05) is 12.8 Å². The van der Waals surface area contributed by atoms with E-state index in [1.54, 1.807) is 0 Å². The summed E-state index contributed by atoms with van der Waals surface area (Å²) in [5, 5.41) is 2.83. The van der Waals surface area contributed by atoms with E-state index < -0.39 is 5.82 Å². The van der Waals surface area contributed by atoms with Crippen LogP contribution in [-0.2, 0) is 0 Å². The van der Waals surface area contributed by atoms with Crippen LogP contribution in [0.2, 0.25) is 0 Å². The number of hydrogen-bond donors (Lipinski definition) is 1. The zero-order valence-electron chi connectivity index (χ0n) is 7.72. The van der Waals surface area contributed by atoms with Gasteiger partial charge in [-0.3, -0.25) is 0 Å². The molecule has 0 aliphatic rings. The summed E-state index contributed by atoms with van der Waals surface area (Å²) in [6, 6.07) is 1.16. The lowest BCUT2D eigenvalue weighted by atomic mass is 10.2. The van der Waals surface area contributed by atoms with Crippen molar-refractivity contribution in [2.45, 2.75) is 19.4 Å². The van der Waals surface area contributed by atoms with Gasteiger partial charge in [0.05, 0.1) is 6.04 Å². The summed E-state index contributed by atoms with van der Waals surface area (Å²) in [5.74, 6) is 2.30. The molecule has 0 saturated heterocycles. The second-order valence-electron chi connectivity index (χ2n) is 2.76. The van der Waals surface area contributed by atoms with Crippen LogP contribution in [0.5, 0.6) is 0 Å². The van der Waals surface area contributed by atoms with Crippen LogP contribution < -0.4 is 5.32 Å². The number of halogens is 2. The van der Waals surface area contributed by atoms with Crippen LogP contribution in [0.25, 0.3) is 0 Å². The summed E-state index contributed by atoms with van der Waals surface area (Å²) in [4.78, 5) is 3.88. The number of nitrogens with zero attached hydrogens (tertiary/aromatic N) is 1. The number of terminal acetylenes is 1. The highest BCUT2D eigenvalue weighted by Crippen LogP contribution is 2.16. The Balaban J connectivity index is 2.82. The number of anilines is 1. The Kier molecular flexibility index (Phi) is 3.90. The van der Waals surface area contributed by atoms with Crippen molar-refractivity contribution in [1.29, 1.82) is 0 Å². The van der Waals surface area contributed by atoms with E-state index in [-0.39, 0.29) is 11.9 Å². The van der Waals surface area contributed by atoms with E-state index in [0.29, 0.717) is 4.47 Å². The quantitative estimate of drug-likeness (QED) is 0.842. The Morgan fingerprint density at radius 1 is 1.79 bits per heavy atom. The first-order chi connectivity index (χ1) is 6.67. The molecule has 0 amide bonds. The van der Waals surface area contributed by atoms with Crippen LogP contribution in [-0.4, -0.2) is 11.0 Å². The lowest BCUT2D eigenvalue weighted by molar-refractivity contribution is 0.621. The molecule has 0 spiro atoms. The largest absolute Gasteiger partial charge is 0.354 e. The van der Waals surface area contributed by atoms with Gasteiger partial charge in [0.1, 0.15) is 0 Å². The van der Waals surface area contributed by atoms with E-state index in [1.807, 2.05) is 6.92 Å². The highest BCUT2D eigenvalue weighted by Gasteiger charge is 2.07. The molecule has 1 aromatic heterocycles. The van der Waals surface area contributed by atoms with E-state index in [2.05, 4.69) is 32.2 Å². The molecule has 0 aliphatic carbocycles. The number of pyridine rings is 1. The summed E-state index contributed by atoms with van der Waals surface area (Å²) < 4.78 is 13.9. The van der Waals surface area contributed by atoms with Crippen LogP contribution in [0.1, 0.15) is 13.3 Å². The molecule has 0 aliphatic heterocycles. The normalized spacial score (nSPS) is 11.9. The molecule has 1 N–H and O–H groups in total. The third-order valence-electron chi connectivity index (χ3n) is 1.73. The average Bonchev–Trinajstić information content (AvgIpc) is 2.17. The molecule has 4 heteroatoms. The molecule has 0 radical (unpaired) electrons. The van der Waals surface area contributed by atoms with Gasteiger partial charge in [0.25, 0.3) is 0 Å². The van der Waals surface area contributed by atoms with Gasteiger partial charge >= 0.3 is 0 Å². The fourth-order valence-electron chi connectivity index (χ4n) is 0.947. The third kappa shape index (κ3) is 2.71. The standard InChI is InChI=1S/C10H10BrFN2/c1-3-8(4-2)14-10-9(12)5-7(11)6-13-10/h1,5-6,8H,4H2,2H3,(H,13,14). The van der Waals surface area contributed by atoms with E-state index in [4.69, 9.17) is 6.42 Å². The number of rotatable bonds is 3. The molecule has 14 heavy (non-hydrogen) atoms. The van der Waals surface area contributed by atoms with Gasteiger partial charge in [0, 0.05) is 10.7 Å². The van der Waals surface area contributed by atoms with Gasteiger partial charge in [-0.15, -0.1) is 6.42 Å². The summed E-state index contributed by atoms with van der Waals surface area (Å²) >= 11 is 3.13. The smallest absolute Gasteiger partial charge is 0.166 e. The molecule has 0 fully saturated rings. The Bertz CT molecular complexity index is 360. The van der Waals surface area contributed by atoms with Crippen molar-refractivity contribution in [3.63, 3.8) is 0 Å². The molecule has 0 bridgehead atoms. The summed E-state index contributed by atoms with van der Waals surface area (Å²) in [7, 11) is 0. The molecule has 1 rings (SSSR count). The minimum atomic E-state index is -0.409. The zero-order chi connectivity index (χ0) is 10.6. The van der Waals surface area contributed by atoms with Gasteiger partial charge in [-0.05, 0) is 28.4 Å². The molecule has 1 atom stereocenters. The SMILES string of the molecule is C#CC(CC)Nc1ncc(Br)cc1F. The maximum Gasteiger partial charge on any atom is 0.166 e. The molecular formula is C10H10BrFN2. The fourth-order valence-corrected chi connectivity index (χ4v) is 1.25. The molecule has 1 aromatic rings. The molecular weight excluding hydrogens is 247 g/mol. The molecule has 0 aromatic carbocycles. The first kappa shape index (κ1) is 11.0. The van der Waals surface area contributed by atoms with Gasteiger partial charge in [0.15, 0.2) is 11.6 Å². The number of nitrogens with one attached hydrogen (secondary N) is 1. The van der Waals surface area contributed by atoms with Crippen molar-refractivity contribution in [1.82, 2.24) is 4.98 Å². The maximum atomic E-state index is 13.3. The van der Waals surface area contributed by atoms with Crippen molar-refractivity contribution in [2.75, 3.05) is 5.32 Å². The van der Waals surface area contributed by atoms with Crippen molar-refractivity contribution >= 4 is 21.7 Å². The predicted octanol–water partition coefficient (Wildman–Crippen LogP) is 2.81. The van der Waals surface area contributed by atoms with Crippen LogP contribution in [0.4, 0.5) is 10.2 Å². The Labute approximate surface area is 91.1 Å². The van der Waals surface area contributed by atoms with Crippen LogP contribution in [0, 0.1) is 18.2 Å². The van der Waals surface area contributed by atoms with Crippen molar-refractivity contribution in [3.05, 3.63) is 22.6 Å². The lowest BCUT2D eigenvalue weighted by Crippen LogP contribution is -2.17. The number of aromatic nitrogens is 1. The van der Waals surface area contributed by atoms with E-state index in [1.165, 1.54) is 12.3 Å². The Morgan fingerprint density at radius 2 is 2.50 bits per heavy atom. The Morgan fingerprint density at radius 3 is 3.00 bits per heavy atom. The predicted molar refractivity (Wildman–Crippen MR) is 58.4 cm³/mol. The zero-order valence-corrected chi connectivity index (χ0v) is 9.31. The molecule has 1 heterocycles. The van der Waals surface area contributed by atoms with Crippen molar-refractivity contribution in [3.8, 4) is 12.3 Å². The average molecular weight is 257 g/mol. The van der Waals surface area contributed by atoms with Crippen molar-refractivity contribution in [2.24, 2.45) is 0 Å². The summed E-state index contributed by atoms with van der Waals surface area (Å²) in [5.41, 5.74) is 0. The fraction of sp³-hybridized carbons (Fsp3) is 0.300. The van der Waals surface area contributed by atoms with E-state index >= 15 is 0 Å². The van der Waals surface area contributed by atoms with Gasteiger partial charge in [-0.25, -0.2) is 9.37 Å². The van der Waals surface area contributed by atoms with E-state index in [0.717, 1.165) is 6.42 Å². The minimum absolute atomic E-state index is 0.182. The molecule has 1 unspecified atom stereocenters. The monoisotopic (exact) mass is 256 g/mol. The second kappa shape index (κ2) is 4.97. The van der Waals surface area contributed by atoms with Gasteiger partial charge < -0.3 is 5.32 Å². The van der Waals surface area contributed by atoms with Crippen LogP contribution in [0.15, 0.2) is 16.7 Å². The molecule has 0 saturated carbocycles. The van der Waals surface area contributed by atoms with Crippen molar-refractivity contribution < 1.29 is 4.39 Å². The maximum absolute atomic E-state index is 13.3. The molecule has 2 nitrogen and oxygen atoms in total. The Hall–Kier alpha value is -1.08. The first-order valence-electron chi connectivity index (χ1n) is 4.21. The third-order valence-corrected chi connectivity index (χ3v) is 2.16. The minimum Gasteiger partial charge on any atom is -0.354 e. The van der Waals surface area contributed by atoms with Gasteiger partial charge in [0.2, 0.25) is 0 Å². The van der Waals surface area contributed by atoms with Gasteiger partial charge in [-0.2, -0.15) is 0 Å². The summed E-state index contributed by atoms with van der Waals surface area (Å²) in [6.45, 7) is 1.92. The topological polar surface area (TPSA) is 24.9 Å². The summed E-state index contributed by atoms with van der Waals surface area (Å²) in [6.07, 6.45) is 7.49. The van der Waals surface area contributed by atoms with Crippen LogP contribution >= 0.6 is 15.9 Å². The molecule has 74 valence electrons. The second-order valence-corrected chi connectivity index (χ2v) is 3.67. The highest BCUT2D eigenvalue weighted by atomic mass is 79.9.